The molecule has 9 unspecified atom stereocenters. The molecular formula is C32H47O5-. The second kappa shape index (κ2) is 7.94. The summed E-state index contributed by atoms with van der Waals surface area (Å²) in [7, 11) is 0. The van der Waals surface area contributed by atoms with Crippen LogP contribution in [0.5, 0.6) is 0 Å². The van der Waals surface area contributed by atoms with Gasteiger partial charge in [-0.05, 0) is 97.4 Å². The van der Waals surface area contributed by atoms with E-state index in [9.17, 15) is 19.5 Å². The maximum absolute atomic E-state index is 14.3. The van der Waals surface area contributed by atoms with E-state index in [0.717, 1.165) is 44.9 Å². The number of rotatable bonds is 2. The third kappa shape index (κ3) is 3.43. The molecule has 37 heavy (non-hydrogen) atoms. The normalized spacial score (nSPS) is 50.5. The Hall–Kier alpha value is -1.65. The van der Waals surface area contributed by atoms with Crippen molar-refractivity contribution in [1.82, 2.24) is 0 Å². The average molecular weight is 512 g/mol. The fourth-order valence-electron chi connectivity index (χ4n) is 10.8. The predicted molar refractivity (Wildman–Crippen MR) is 140 cm³/mol. The summed E-state index contributed by atoms with van der Waals surface area (Å²) in [5, 5.41) is 12.2. The van der Waals surface area contributed by atoms with Gasteiger partial charge >= 0.3 is 5.97 Å². The van der Waals surface area contributed by atoms with E-state index in [-0.39, 0.29) is 56.8 Å². The van der Waals surface area contributed by atoms with Crippen LogP contribution in [0.4, 0.5) is 0 Å². The Balaban J connectivity index is 1.58. The number of allylic oxidation sites excluding steroid dienone is 2. The number of carboxylic acid groups (broad SMARTS) is 1. The molecule has 206 valence electrons. The van der Waals surface area contributed by atoms with E-state index in [1.165, 1.54) is 12.5 Å². The number of aliphatic carboxylic acids is 1. The number of fused-ring (bicyclic) bond motifs is 7. The highest BCUT2D eigenvalue weighted by molar-refractivity contribution is 5.95. The molecule has 5 aliphatic rings. The second-order valence-corrected chi connectivity index (χ2v) is 15.5. The predicted octanol–water partition coefficient (Wildman–Crippen LogP) is 5.65. The van der Waals surface area contributed by atoms with Gasteiger partial charge in [0.25, 0.3) is 0 Å². The van der Waals surface area contributed by atoms with E-state index in [0.29, 0.717) is 18.8 Å². The summed E-state index contributed by atoms with van der Waals surface area (Å²) in [6, 6.07) is 0. The summed E-state index contributed by atoms with van der Waals surface area (Å²) in [5.41, 5.74) is -0.252. The Morgan fingerprint density at radius 1 is 0.919 bits per heavy atom. The maximum Gasteiger partial charge on any atom is 0.302 e. The van der Waals surface area contributed by atoms with Gasteiger partial charge in [0.05, 0.1) is 0 Å². The summed E-state index contributed by atoms with van der Waals surface area (Å²) in [5.74, 6) is -0.611. The van der Waals surface area contributed by atoms with Gasteiger partial charge in [-0.1, -0.05) is 54.0 Å². The Morgan fingerprint density at radius 3 is 2.19 bits per heavy atom. The highest BCUT2D eigenvalue weighted by Gasteiger charge is 2.70. The lowest BCUT2D eigenvalue weighted by molar-refractivity contribution is -0.321. The molecule has 9 atom stereocenters. The molecule has 0 bridgehead atoms. The van der Waals surface area contributed by atoms with Crippen molar-refractivity contribution in [2.24, 2.45) is 50.2 Å². The molecule has 4 fully saturated rings. The largest absolute Gasteiger partial charge is 0.550 e. The van der Waals surface area contributed by atoms with Crippen LogP contribution in [-0.4, -0.2) is 23.8 Å². The van der Waals surface area contributed by atoms with Crippen molar-refractivity contribution in [2.45, 2.75) is 119 Å². The first-order chi connectivity index (χ1) is 16.9. The van der Waals surface area contributed by atoms with E-state index in [1.54, 1.807) is 0 Å². The molecule has 0 amide bonds. The van der Waals surface area contributed by atoms with Crippen LogP contribution in [0.3, 0.4) is 0 Å². The summed E-state index contributed by atoms with van der Waals surface area (Å²) >= 11 is 0. The van der Waals surface area contributed by atoms with Crippen molar-refractivity contribution in [3.63, 3.8) is 0 Å². The van der Waals surface area contributed by atoms with Gasteiger partial charge in [0, 0.05) is 29.6 Å². The second-order valence-electron chi connectivity index (χ2n) is 15.5. The third-order valence-electron chi connectivity index (χ3n) is 13.3. The van der Waals surface area contributed by atoms with E-state index < -0.39 is 11.4 Å². The monoisotopic (exact) mass is 511 g/mol. The number of ether oxygens (including phenoxy) is 1. The molecule has 0 N–H and O–H groups in total. The van der Waals surface area contributed by atoms with E-state index in [1.807, 2.05) is 13.0 Å². The molecule has 0 radical (unpaired) electrons. The fraction of sp³-hybridized carbons (Fsp3) is 0.844. The van der Waals surface area contributed by atoms with Gasteiger partial charge in [-0.25, -0.2) is 0 Å². The Labute approximate surface area is 223 Å². The molecule has 0 saturated heterocycles. The summed E-state index contributed by atoms with van der Waals surface area (Å²) in [6.07, 6.45) is 9.75. The molecule has 5 nitrogen and oxygen atoms in total. The number of hydrogen-bond donors (Lipinski definition) is 0. The van der Waals surface area contributed by atoms with Gasteiger partial charge in [0.15, 0.2) is 5.78 Å². The van der Waals surface area contributed by atoms with Crippen molar-refractivity contribution >= 4 is 17.7 Å². The highest BCUT2D eigenvalue weighted by Crippen LogP contribution is 2.75. The minimum atomic E-state index is -0.951. The summed E-state index contributed by atoms with van der Waals surface area (Å²) in [4.78, 5) is 38.4. The summed E-state index contributed by atoms with van der Waals surface area (Å²) < 4.78 is 5.81. The molecule has 0 aromatic heterocycles. The zero-order valence-corrected chi connectivity index (χ0v) is 24.3. The van der Waals surface area contributed by atoms with Crippen LogP contribution in [0.1, 0.15) is 113 Å². The standard InChI is InChI=1S/C32H48O5/c1-19(33)37-24-10-11-30(6)23(27(24,2)3)9-12-32(8)25(30)22(34)17-20-21-18-29(5,26(35)36)14-13-28(21,4)15-16-31(20,32)7/h17,21,23-25H,9-16,18H2,1-8H3,(H,35,36)/p-1. The van der Waals surface area contributed by atoms with Gasteiger partial charge in [-0.2, -0.15) is 0 Å². The van der Waals surface area contributed by atoms with Crippen molar-refractivity contribution in [2.75, 3.05) is 0 Å². The van der Waals surface area contributed by atoms with Crippen LogP contribution in [0.2, 0.25) is 0 Å². The number of carbonyl (C=O) groups is 3. The molecule has 5 rings (SSSR count). The van der Waals surface area contributed by atoms with Crippen LogP contribution in [0.25, 0.3) is 0 Å². The van der Waals surface area contributed by atoms with Crippen molar-refractivity contribution in [3.05, 3.63) is 11.6 Å². The Bertz CT molecular complexity index is 1070. The number of esters is 1. The lowest BCUT2D eigenvalue weighted by atomic mass is 9.33. The van der Waals surface area contributed by atoms with E-state index in [4.69, 9.17) is 4.74 Å². The third-order valence-corrected chi connectivity index (χ3v) is 13.3. The average Bonchev–Trinajstić information content (AvgIpc) is 2.78. The Morgan fingerprint density at radius 2 is 1.57 bits per heavy atom. The van der Waals surface area contributed by atoms with Crippen LogP contribution in [0, 0.1) is 50.2 Å². The lowest BCUT2D eigenvalue weighted by Crippen LogP contribution is -2.67. The number of carbonyl (C=O) groups excluding carboxylic acids is 3. The van der Waals surface area contributed by atoms with Crippen LogP contribution < -0.4 is 5.11 Å². The number of ketones is 1. The van der Waals surface area contributed by atoms with Crippen molar-refractivity contribution < 1.29 is 24.2 Å². The Kier molecular flexibility index (Phi) is 5.78. The fourth-order valence-corrected chi connectivity index (χ4v) is 10.8. The molecule has 0 spiro atoms. The minimum Gasteiger partial charge on any atom is -0.550 e. The minimum absolute atomic E-state index is 0.0367. The van der Waals surface area contributed by atoms with Gasteiger partial charge in [0.1, 0.15) is 6.10 Å². The number of hydrogen-bond acceptors (Lipinski definition) is 5. The topological polar surface area (TPSA) is 83.5 Å². The highest BCUT2D eigenvalue weighted by atomic mass is 16.5. The lowest BCUT2D eigenvalue weighted by Gasteiger charge is -2.70. The van der Waals surface area contributed by atoms with Crippen molar-refractivity contribution in [3.8, 4) is 0 Å². The number of carboxylic acids is 1. The molecular weight excluding hydrogens is 464 g/mol. The molecule has 0 aromatic rings. The molecule has 5 heteroatoms. The first-order valence-corrected chi connectivity index (χ1v) is 14.6. The maximum atomic E-state index is 14.3. The van der Waals surface area contributed by atoms with Crippen LogP contribution in [-0.2, 0) is 19.1 Å². The zero-order valence-electron chi connectivity index (χ0n) is 24.3. The molecule has 0 aromatic carbocycles. The van der Waals surface area contributed by atoms with Crippen molar-refractivity contribution in [1.29, 1.82) is 0 Å². The molecule has 4 saturated carbocycles. The van der Waals surface area contributed by atoms with E-state index in [2.05, 4.69) is 41.5 Å². The van der Waals surface area contributed by atoms with E-state index >= 15 is 0 Å². The summed E-state index contributed by atoms with van der Waals surface area (Å²) in [6.45, 7) is 17.2. The molecule has 0 aliphatic heterocycles. The quantitative estimate of drug-likeness (QED) is 0.448. The first kappa shape index (κ1) is 26.9. The zero-order chi connectivity index (χ0) is 27.4. The van der Waals surface area contributed by atoms with Gasteiger partial charge in [0.2, 0.25) is 0 Å². The van der Waals surface area contributed by atoms with Gasteiger partial charge < -0.3 is 14.6 Å². The van der Waals surface area contributed by atoms with Gasteiger partial charge in [-0.3, -0.25) is 9.59 Å². The van der Waals surface area contributed by atoms with Crippen LogP contribution >= 0.6 is 0 Å². The van der Waals surface area contributed by atoms with Crippen LogP contribution in [0.15, 0.2) is 11.6 Å². The first-order valence-electron chi connectivity index (χ1n) is 14.6. The van der Waals surface area contributed by atoms with Gasteiger partial charge in [-0.15, -0.1) is 0 Å². The molecule has 0 heterocycles. The molecule has 5 aliphatic carbocycles. The smallest absolute Gasteiger partial charge is 0.302 e. The SMILES string of the molecule is CC(=O)OC1CCC2(C)C(CCC3(C)C2C(=O)C=C2C4CC(C)(C(=O)[O-])CCC4(C)CCC23C)C1(C)C.